The van der Waals surface area contributed by atoms with Gasteiger partial charge in [-0.3, -0.25) is 4.79 Å². The summed E-state index contributed by atoms with van der Waals surface area (Å²) in [6.45, 7) is 1.58. The highest BCUT2D eigenvalue weighted by molar-refractivity contribution is 5.92. The number of amides is 1. The van der Waals surface area contributed by atoms with Crippen LogP contribution in [0.15, 0.2) is 12.1 Å². The van der Waals surface area contributed by atoms with Gasteiger partial charge in [-0.1, -0.05) is 0 Å². The molecule has 1 fully saturated rings. The Morgan fingerprint density at radius 1 is 1.53 bits per heavy atom. The first-order valence-electron chi connectivity index (χ1n) is 6.45. The molecular formula is C12H19N5O2. The number of aliphatic hydroxyl groups excluding tert-OH is 1. The molecule has 1 aliphatic rings. The van der Waals surface area contributed by atoms with Crippen LogP contribution in [-0.4, -0.2) is 45.8 Å². The SMILES string of the molecule is NNc1ccc(C(=O)N2CCCC(CCO)C2)nn1. The number of hydrogen-bond donors (Lipinski definition) is 3. The van der Waals surface area contributed by atoms with Gasteiger partial charge in [0.25, 0.3) is 5.91 Å². The number of aliphatic hydroxyl groups is 1. The van der Waals surface area contributed by atoms with Gasteiger partial charge >= 0.3 is 0 Å². The lowest BCUT2D eigenvalue weighted by atomic mass is 9.95. The van der Waals surface area contributed by atoms with E-state index in [0.717, 1.165) is 25.8 Å². The number of aromatic nitrogens is 2. The number of carbonyl (C=O) groups excluding carboxylic acids is 1. The molecule has 0 saturated carbocycles. The second kappa shape index (κ2) is 6.44. The average molecular weight is 265 g/mol. The molecule has 7 nitrogen and oxygen atoms in total. The minimum Gasteiger partial charge on any atom is -0.396 e. The van der Waals surface area contributed by atoms with Crippen LogP contribution in [0.3, 0.4) is 0 Å². The fourth-order valence-corrected chi connectivity index (χ4v) is 2.35. The predicted octanol–water partition coefficient (Wildman–Crippen LogP) is -0.00320. The normalized spacial score (nSPS) is 19.3. The third-order valence-corrected chi connectivity index (χ3v) is 3.38. The highest BCUT2D eigenvalue weighted by Crippen LogP contribution is 2.20. The molecule has 2 heterocycles. The number of rotatable bonds is 4. The molecule has 1 atom stereocenters. The highest BCUT2D eigenvalue weighted by atomic mass is 16.3. The van der Waals surface area contributed by atoms with Crippen molar-refractivity contribution < 1.29 is 9.90 Å². The maximum absolute atomic E-state index is 12.3. The molecule has 1 amide bonds. The Morgan fingerprint density at radius 3 is 3.00 bits per heavy atom. The lowest BCUT2D eigenvalue weighted by molar-refractivity contribution is 0.0646. The molecular weight excluding hydrogens is 246 g/mol. The zero-order valence-electron chi connectivity index (χ0n) is 10.7. The maximum Gasteiger partial charge on any atom is 0.274 e. The van der Waals surface area contributed by atoms with Crippen molar-refractivity contribution >= 4 is 11.7 Å². The van der Waals surface area contributed by atoms with Gasteiger partial charge in [-0.25, -0.2) is 5.84 Å². The fourth-order valence-electron chi connectivity index (χ4n) is 2.35. The minimum atomic E-state index is -0.112. The van der Waals surface area contributed by atoms with Crippen molar-refractivity contribution in [1.82, 2.24) is 15.1 Å². The van der Waals surface area contributed by atoms with Crippen molar-refractivity contribution in [2.24, 2.45) is 11.8 Å². The summed E-state index contributed by atoms with van der Waals surface area (Å²) < 4.78 is 0. The van der Waals surface area contributed by atoms with E-state index in [0.29, 0.717) is 24.0 Å². The Morgan fingerprint density at radius 2 is 2.37 bits per heavy atom. The Balaban J connectivity index is 2.01. The summed E-state index contributed by atoms with van der Waals surface area (Å²) in [6.07, 6.45) is 2.77. The standard InChI is InChI=1S/C12H19N5O2/c13-14-11-4-3-10(15-16-11)12(19)17-6-1-2-9(8-17)5-7-18/h3-4,9,18H,1-2,5-8,13H2,(H,14,16). The summed E-state index contributed by atoms with van der Waals surface area (Å²) in [4.78, 5) is 14.0. The molecule has 0 radical (unpaired) electrons. The maximum atomic E-state index is 12.3. The van der Waals surface area contributed by atoms with Crippen molar-refractivity contribution in [2.75, 3.05) is 25.1 Å². The van der Waals surface area contributed by atoms with Crippen LogP contribution in [-0.2, 0) is 0 Å². The van der Waals surface area contributed by atoms with Gasteiger partial charge in [0.2, 0.25) is 0 Å². The number of anilines is 1. The van der Waals surface area contributed by atoms with Gasteiger partial charge in [-0.05, 0) is 37.3 Å². The van der Waals surface area contributed by atoms with E-state index < -0.39 is 0 Å². The van der Waals surface area contributed by atoms with Crippen molar-refractivity contribution in [3.63, 3.8) is 0 Å². The lowest BCUT2D eigenvalue weighted by Gasteiger charge is -2.32. The summed E-state index contributed by atoms with van der Waals surface area (Å²) in [5, 5.41) is 16.6. The van der Waals surface area contributed by atoms with E-state index in [2.05, 4.69) is 15.6 Å². The third-order valence-electron chi connectivity index (χ3n) is 3.38. The Labute approximate surface area is 111 Å². The quantitative estimate of drug-likeness (QED) is 0.523. The Kier molecular flexibility index (Phi) is 4.64. The van der Waals surface area contributed by atoms with Gasteiger partial charge in [0, 0.05) is 19.7 Å². The van der Waals surface area contributed by atoms with Crippen LogP contribution in [0.5, 0.6) is 0 Å². The summed E-state index contributed by atoms with van der Waals surface area (Å²) in [5.41, 5.74) is 2.69. The molecule has 0 spiro atoms. The molecule has 1 unspecified atom stereocenters. The molecule has 0 bridgehead atoms. The molecule has 1 aromatic heterocycles. The molecule has 19 heavy (non-hydrogen) atoms. The van der Waals surface area contributed by atoms with Crippen molar-refractivity contribution in [3.05, 3.63) is 17.8 Å². The van der Waals surface area contributed by atoms with Gasteiger partial charge in [0.15, 0.2) is 11.5 Å². The molecule has 7 heteroatoms. The number of nitrogens with one attached hydrogen (secondary N) is 1. The number of nitrogens with zero attached hydrogens (tertiary/aromatic N) is 3. The van der Waals surface area contributed by atoms with Crippen molar-refractivity contribution in [1.29, 1.82) is 0 Å². The molecule has 104 valence electrons. The average Bonchev–Trinajstić information content (AvgIpc) is 2.47. The smallest absolute Gasteiger partial charge is 0.274 e. The van der Waals surface area contributed by atoms with Gasteiger partial charge in [-0.15, -0.1) is 10.2 Å². The van der Waals surface area contributed by atoms with Crippen LogP contribution in [0.1, 0.15) is 29.8 Å². The Hall–Kier alpha value is -1.73. The van der Waals surface area contributed by atoms with Crippen LogP contribution in [0.2, 0.25) is 0 Å². The van der Waals surface area contributed by atoms with Crippen LogP contribution >= 0.6 is 0 Å². The molecule has 1 aromatic rings. The van der Waals surface area contributed by atoms with Gasteiger partial charge in [0.05, 0.1) is 0 Å². The summed E-state index contributed by atoms with van der Waals surface area (Å²) in [5.74, 6) is 5.89. The zero-order valence-corrected chi connectivity index (χ0v) is 10.7. The second-order valence-corrected chi connectivity index (χ2v) is 4.72. The van der Waals surface area contributed by atoms with E-state index in [1.165, 1.54) is 0 Å². The van der Waals surface area contributed by atoms with E-state index in [-0.39, 0.29) is 12.5 Å². The fraction of sp³-hybridized carbons (Fsp3) is 0.583. The third kappa shape index (κ3) is 3.39. The number of carbonyl (C=O) groups is 1. The van der Waals surface area contributed by atoms with Gasteiger partial charge < -0.3 is 15.4 Å². The number of piperidine rings is 1. The van der Waals surface area contributed by atoms with Gasteiger partial charge in [0.1, 0.15) is 0 Å². The minimum absolute atomic E-state index is 0.112. The molecule has 1 saturated heterocycles. The van der Waals surface area contributed by atoms with Crippen LogP contribution in [0, 0.1) is 5.92 Å². The van der Waals surface area contributed by atoms with E-state index in [9.17, 15) is 4.79 Å². The molecule has 0 aliphatic carbocycles. The molecule has 4 N–H and O–H groups in total. The number of likely N-dealkylation sites (tertiary alicyclic amines) is 1. The summed E-state index contributed by atoms with van der Waals surface area (Å²) >= 11 is 0. The highest BCUT2D eigenvalue weighted by Gasteiger charge is 2.25. The number of hydrazine groups is 1. The van der Waals surface area contributed by atoms with Crippen LogP contribution in [0.25, 0.3) is 0 Å². The molecule has 0 aromatic carbocycles. The summed E-state index contributed by atoms with van der Waals surface area (Å²) in [6, 6.07) is 3.23. The van der Waals surface area contributed by atoms with E-state index in [4.69, 9.17) is 10.9 Å². The first-order valence-corrected chi connectivity index (χ1v) is 6.45. The largest absolute Gasteiger partial charge is 0.396 e. The first-order chi connectivity index (χ1) is 9.24. The van der Waals surface area contributed by atoms with E-state index in [1.807, 2.05) is 0 Å². The number of nitrogen functional groups attached to an aromatic ring is 1. The van der Waals surface area contributed by atoms with Crippen LogP contribution < -0.4 is 11.3 Å². The topological polar surface area (TPSA) is 104 Å². The first kappa shape index (κ1) is 13.7. The van der Waals surface area contributed by atoms with E-state index >= 15 is 0 Å². The summed E-state index contributed by atoms with van der Waals surface area (Å²) in [7, 11) is 0. The number of nitrogens with two attached hydrogens (primary N) is 1. The number of hydrogen-bond acceptors (Lipinski definition) is 6. The Bertz CT molecular complexity index is 421. The van der Waals surface area contributed by atoms with Crippen molar-refractivity contribution in [2.45, 2.75) is 19.3 Å². The predicted molar refractivity (Wildman–Crippen MR) is 70.2 cm³/mol. The molecule has 1 aliphatic heterocycles. The zero-order chi connectivity index (χ0) is 13.7. The molecule has 2 rings (SSSR count). The van der Waals surface area contributed by atoms with Gasteiger partial charge in [-0.2, -0.15) is 0 Å². The van der Waals surface area contributed by atoms with E-state index in [1.54, 1.807) is 17.0 Å². The monoisotopic (exact) mass is 265 g/mol. The van der Waals surface area contributed by atoms with Crippen molar-refractivity contribution in [3.8, 4) is 0 Å². The van der Waals surface area contributed by atoms with Crippen LogP contribution in [0.4, 0.5) is 5.82 Å². The second-order valence-electron chi connectivity index (χ2n) is 4.72. The lowest BCUT2D eigenvalue weighted by Crippen LogP contribution is -2.40.